The van der Waals surface area contributed by atoms with Crippen LogP contribution in [0.2, 0.25) is 0 Å². The number of hydrogen-bond donors (Lipinski definition) is 0. The summed E-state index contributed by atoms with van der Waals surface area (Å²) in [7, 11) is 0. The number of hydrogen-bond acceptors (Lipinski definition) is 2. The molecule has 0 amide bonds. The van der Waals surface area contributed by atoms with Gasteiger partial charge in [-0.25, -0.2) is 0 Å². The molecule has 2 aliphatic rings. The second-order valence-electron chi connectivity index (χ2n) is 7.34. The van der Waals surface area contributed by atoms with Crippen molar-refractivity contribution in [3.05, 3.63) is 102 Å². The Bertz CT molecular complexity index is 1160. The third-order valence-electron chi connectivity index (χ3n) is 5.69. The summed E-state index contributed by atoms with van der Waals surface area (Å²) in [4.78, 5) is 8.07. The van der Waals surface area contributed by atoms with Crippen LogP contribution in [-0.4, -0.2) is 9.97 Å². The predicted octanol–water partition coefficient (Wildman–Crippen LogP) is 7.36. The van der Waals surface area contributed by atoms with E-state index in [2.05, 4.69) is 58.5 Å². The van der Waals surface area contributed by atoms with Crippen LogP contribution in [0.15, 0.2) is 90.9 Å². The molecule has 0 spiro atoms. The first-order valence-corrected chi connectivity index (χ1v) is 9.94. The third kappa shape index (κ3) is 4.26. The normalized spacial score (nSPS) is 14.0. The highest BCUT2D eigenvalue weighted by Crippen LogP contribution is 2.39. The van der Waals surface area contributed by atoms with Crippen molar-refractivity contribution >= 4 is 52.1 Å². The van der Waals surface area contributed by atoms with Crippen LogP contribution in [-0.2, 0) is 6.42 Å². The summed E-state index contributed by atoms with van der Waals surface area (Å²) in [5.41, 5.74) is 7.16. The van der Waals surface area contributed by atoms with Crippen molar-refractivity contribution < 1.29 is 0 Å². The van der Waals surface area contributed by atoms with Crippen LogP contribution in [0.3, 0.4) is 0 Å². The van der Waals surface area contributed by atoms with Crippen molar-refractivity contribution in [2.75, 3.05) is 0 Å². The van der Waals surface area contributed by atoms with E-state index in [0.717, 1.165) is 10.9 Å². The van der Waals surface area contributed by atoms with Gasteiger partial charge < -0.3 is 0 Å². The summed E-state index contributed by atoms with van der Waals surface area (Å²) >= 11 is 0. The van der Waals surface area contributed by atoms with Gasteiger partial charge in [0.25, 0.3) is 0 Å². The van der Waals surface area contributed by atoms with E-state index in [0.29, 0.717) is 0 Å². The Morgan fingerprint density at radius 3 is 2.50 bits per heavy atom. The lowest BCUT2D eigenvalue weighted by atomic mass is 9.80. The molecule has 2 aliphatic carbocycles. The Kier molecular flexibility index (Phi) is 7.25. The maximum atomic E-state index is 4.12. The molecular weight excluding hydrogens is 411 g/mol. The van der Waals surface area contributed by atoms with E-state index in [9.17, 15) is 0 Å². The summed E-state index contributed by atoms with van der Waals surface area (Å²) in [6.07, 6.45) is 14.9. The Hall–Kier alpha value is -2.68. The molecule has 0 atom stereocenters. The maximum absolute atomic E-state index is 4.12. The number of halogens is 2. The standard InChI is InChI=1S/C18H16.C8H6N2.2ClH/c1-3-7-15-13(5-1)9-11-18-16-8-4-2-6-14(16)10-12-17(15)18;1-2-7-3-5-9-6-8(7)10-4-1;;/h1,3-5,7-9,11H,2,6,10,12H2;1-6H;2*1H. The van der Waals surface area contributed by atoms with Crippen LogP contribution in [0.4, 0.5) is 0 Å². The fraction of sp³-hybridized carbons (Fsp3) is 0.154. The molecule has 30 heavy (non-hydrogen) atoms. The summed E-state index contributed by atoms with van der Waals surface area (Å²) < 4.78 is 0. The van der Waals surface area contributed by atoms with Gasteiger partial charge in [0.05, 0.1) is 11.7 Å². The van der Waals surface area contributed by atoms with E-state index >= 15 is 0 Å². The molecule has 0 N–H and O–H groups in total. The summed E-state index contributed by atoms with van der Waals surface area (Å²) in [6.45, 7) is 0. The molecule has 0 bridgehead atoms. The van der Waals surface area contributed by atoms with Crippen molar-refractivity contribution in [2.45, 2.75) is 25.7 Å². The van der Waals surface area contributed by atoms with Crippen LogP contribution in [0.1, 0.15) is 30.4 Å². The van der Waals surface area contributed by atoms with Crippen molar-refractivity contribution in [3.63, 3.8) is 0 Å². The van der Waals surface area contributed by atoms with E-state index in [1.54, 1.807) is 29.7 Å². The van der Waals surface area contributed by atoms with Crippen LogP contribution >= 0.6 is 24.8 Å². The van der Waals surface area contributed by atoms with E-state index in [1.165, 1.54) is 47.6 Å². The number of rotatable bonds is 0. The monoisotopic (exact) mass is 434 g/mol. The van der Waals surface area contributed by atoms with Gasteiger partial charge in [-0.05, 0) is 65.3 Å². The Morgan fingerprint density at radius 1 is 0.733 bits per heavy atom. The number of aromatic nitrogens is 2. The number of nitrogens with zero attached hydrogens (tertiary/aromatic N) is 2. The fourth-order valence-corrected chi connectivity index (χ4v) is 4.30. The number of fused-ring (bicyclic) bond motifs is 5. The molecule has 4 heteroatoms. The number of aryl methyl sites for hydroxylation is 1. The SMILES string of the molecule is C1=CC2=C(CC1)CCc1c2ccc2ccccc12.Cl.Cl.c1cnc2cnccc2c1. The molecule has 0 unspecified atom stereocenters. The minimum absolute atomic E-state index is 0. The molecule has 0 fully saturated rings. The predicted molar refractivity (Wildman–Crippen MR) is 132 cm³/mol. The molecule has 6 rings (SSSR count). The summed E-state index contributed by atoms with van der Waals surface area (Å²) in [6, 6.07) is 19.2. The van der Waals surface area contributed by atoms with Gasteiger partial charge in [-0.3, -0.25) is 9.97 Å². The molecule has 4 aromatic rings. The lowest BCUT2D eigenvalue weighted by Gasteiger charge is -2.25. The zero-order valence-electron chi connectivity index (χ0n) is 16.6. The fourth-order valence-electron chi connectivity index (χ4n) is 4.30. The van der Waals surface area contributed by atoms with Crippen LogP contribution in [0, 0.1) is 0 Å². The highest BCUT2D eigenvalue weighted by Gasteiger charge is 2.20. The lowest BCUT2D eigenvalue weighted by Crippen LogP contribution is -2.06. The molecule has 0 saturated heterocycles. The van der Waals surface area contributed by atoms with E-state index in [4.69, 9.17) is 0 Å². The maximum Gasteiger partial charge on any atom is 0.0885 e. The number of allylic oxidation sites excluding steroid dienone is 4. The average Bonchev–Trinajstić information content (AvgIpc) is 2.79. The van der Waals surface area contributed by atoms with E-state index < -0.39 is 0 Å². The second kappa shape index (κ2) is 9.88. The first kappa shape index (κ1) is 22.0. The first-order valence-electron chi connectivity index (χ1n) is 9.94. The molecule has 2 nitrogen and oxygen atoms in total. The lowest BCUT2D eigenvalue weighted by molar-refractivity contribution is 0.831. The van der Waals surface area contributed by atoms with Gasteiger partial charge in [-0.2, -0.15) is 0 Å². The second-order valence-corrected chi connectivity index (χ2v) is 7.34. The van der Waals surface area contributed by atoms with Gasteiger partial charge in [-0.15, -0.1) is 24.8 Å². The van der Waals surface area contributed by atoms with Crippen molar-refractivity contribution in [3.8, 4) is 0 Å². The molecule has 2 aromatic carbocycles. The first-order chi connectivity index (χ1) is 13.9. The molecule has 2 heterocycles. The largest absolute Gasteiger partial charge is 0.262 e. The van der Waals surface area contributed by atoms with Gasteiger partial charge in [0, 0.05) is 17.8 Å². The molecule has 0 saturated carbocycles. The van der Waals surface area contributed by atoms with Crippen molar-refractivity contribution in [1.29, 1.82) is 0 Å². The molecular formula is C26H24Cl2N2. The quantitative estimate of drug-likeness (QED) is 0.288. The molecule has 0 aliphatic heterocycles. The highest BCUT2D eigenvalue weighted by atomic mass is 35.5. The Labute approximate surface area is 189 Å². The molecule has 152 valence electrons. The zero-order valence-corrected chi connectivity index (χ0v) is 18.3. The van der Waals surface area contributed by atoms with Crippen LogP contribution < -0.4 is 0 Å². The van der Waals surface area contributed by atoms with Gasteiger partial charge in [0.2, 0.25) is 0 Å². The molecule has 2 aromatic heterocycles. The smallest absolute Gasteiger partial charge is 0.0885 e. The number of pyridine rings is 2. The minimum Gasteiger partial charge on any atom is -0.262 e. The van der Waals surface area contributed by atoms with Gasteiger partial charge >= 0.3 is 0 Å². The van der Waals surface area contributed by atoms with Gasteiger partial charge in [-0.1, -0.05) is 60.2 Å². The average molecular weight is 435 g/mol. The van der Waals surface area contributed by atoms with Gasteiger partial charge in [0.1, 0.15) is 0 Å². The van der Waals surface area contributed by atoms with Crippen LogP contribution in [0.5, 0.6) is 0 Å². The van der Waals surface area contributed by atoms with Crippen molar-refractivity contribution in [1.82, 2.24) is 9.97 Å². The summed E-state index contributed by atoms with van der Waals surface area (Å²) in [5.74, 6) is 0. The minimum atomic E-state index is 0. The Morgan fingerprint density at radius 2 is 1.60 bits per heavy atom. The van der Waals surface area contributed by atoms with E-state index in [1.807, 2.05) is 18.2 Å². The topological polar surface area (TPSA) is 25.8 Å². The van der Waals surface area contributed by atoms with E-state index in [-0.39, 0.29) is 24.8 Å². The number of benzene rings is 2. The molecule has 0 radical (unpaired) electrons. The van der Waals surface area contributed by atoms with Crippen molar-refractivity contribution in [2.24, 2.45) is 0 Å². The Balaban J connectivity index is 0.000000184. The highest BCUT2D eigenvalue weighted by molar-refractivity contribution is 5.93. The van der Waals surface area contributed by atoms with Gasteiger partial charge in [0.15, 0.2) is 0 Å². The van der Waals surface area contributed by atoms with Crippen LogP contribution in [0.25, 0.3) is 27.2 Å². The summed E-state index contributed by atoms with van der Waals surface area (Å²) in [5, 5.41) is 3.96. The third-order valence-corrected chi connectivity index (χ3v) is 5.69. The zero-order chi connectivity index (χ0) is 18.8.